The quantitative estimate of drug-likeness (QED) is 0.333. The van der Waals surface area contributed by atoms with Crippen LogP contribution in [0.1, 0.15) is 15.4 Å². The van der Waals surface area contributed by atoms with Gasteiger partial charge in [0.25, 0.3) is 0 Å². The minimum Gasteiger partial charge on any atom is -0.497 e. The Labute approximate surface area is 183 Å². The van der Waals surface area contributed by atoms with Crippen LogP contribution in [0.4, 0.5) is 0 Å². The fourth-order valence-electron chi connectivity index (χ4n) is 3.48. The Bertz CT molecular complexity index is 1320. The van der Waals surface area contributed by atoms with E-state index in [0.717, 1.165) is 38.5 Å². The summed E-state index contributed by atoms with van der Waals surface area (Å²) in [4.78, 5) is 17.6. The average molecular weight is 426 g/mol. The number of methoxy groups -OCH3 is 1. The van der Waals surface area contributed by atoms with Crippen molar-refractivity contribution in [2.24, 2.45) is 0 Å². The molecule has 31 heavy (non-hydrogen) atoms. The summed E-state index contributed by atoms with van der Waals surface area (Å²) in [7, 11) is 1.64. The number of benzene rings is 3. The Kier molecular flexibility index (Phi) is 5.06. The summed E-state index contributed by atoms with van der Waals surface area (Å²) >= 11 is 1.43. The third-order valence-corrected chi connectivity index (χ3v) is 6.14. The van der Waals surface area contributed by atoms with Gasteiger partial charge >= 0.3 is 0 Å². The van der Waals surface area contributed by atoms with Gasteiger partial charge in [0, 0.05) is 23.7 Å². The number of nitrogens with zero attached hydrogens (tertiary/aromatic N) is 3. The first-order valence-corrected chi connectivity index (χ1v) is 10.7. The Morgan fingerprint density at radius 1 is 0.968 bits per heavy atom. The van der Waals surface area contributed by atoms with Crippen LogP contribution in [-0.2, 0) is 6.42 Å². The van der Waals surface area contributed by atoms with Crippen molar-refractivity contribution < 1.29 is 9.53 Å². The molecular formula is C25H19N3O2S. The van der Waals surface area contributed by atoms with Crippen molar-refractivity contribution in [2.75, 3.05) is 7.11 Å². The monoisotopic (exact) mass is 425 g/mol. The molecule has 0 N–H and O–H groups in total. The van der Waals surface area contributed by atoms with Crippen LogP contribution in [0.15, 0.2) is 85.1 Å². The van der Waals surface area contributed by atoms with Crippen LogP contribution in [0.2, 0.25) is 0 Å². The summed E-state index contributed by atoms with van der Waals surface area (Å²) in [5, 5.41) is 5.32. The second-order valence-corrected chi connectivity index (χ2v) is 8.13. The molecule has 0 amide bonds. The maximum atomic E-state index is 13.1. The summed E-state index contributed by atoms with van der Waals surface area (Å²) < 4.78 is 8.11. The van der Waals surface area contributed by atoms with Crippen molar-refractivity contribution in [2.45, 2.75) is 6.42 Å². The van der Waals surface area contributed by atoms with Gasteiger partial charge in [0.05, 0.1) is 28.7 Å². The summed E-state index contributed by atoms with van der Waals surface area (Å²) in [6, 6.07) is 25.4. The first-order chi connectivity index (χ1) is 15.2. The van der Waals surface area contributed by atoms with Gasteiger partial charge in [0.2, 0.25) is 0 Å². The van der Waals surface area contributed by atoms with E-state index in [4.69, 9.17) is 9.84 Å². The fraction of sp³-hybridized carbons (Fsp3) is 0.0800. The number of aromatic nitrogens is 3. The van der Waals surface area contributed by atoms with Crippen LogP contribution < -0.4 is 4.74 Å². The van der Waals surface area contributed by atoms with E-state index in [-0.39, 0.29) is 12.2 Å². The predicted molar refractivity (Wildman–Crippen MR) is 123 cm³/mol. The number of carbonyl (C=O) groups excluding carboxylic acids is 1. The molecule has 2 aromatic heterocycles. The predicted octanol–water partition coefficient (Wildman–Crippen LogP) is 5.58. The largest absolute Gasteiger partial charge is 0.497 e. The second-order valence-electron chi connectivity index (χ2n) is 7.10. The first-order valence-electron chi connectivity index (χ1n) is 9.88. The molecule has 0 fully saturated rings. The molecule has 0 spiro atoms. The third-order valence-electron chi connectivity index (χ3n) is 5.06. The molecule has 6 heteroatoms. The number of para-hydroxylation sites is 2. The highest BCUT2D eigenvalue weighted by Crippen LogP contribution is 2.28. The topological polar surface area (TPSA) is 57.0 Å². The number of carbonyl (C=O) groups is 1. The van der Waals surface area contributed by atoms with E-state index >= 15 is 0 Å². The van der Waals surface area contributed by atoms with Gasteiger partial charge in [-0.1, -0.05) is 30.3 Å². The molecule has 5 rings (SSSR count). The molecule has 152 valence electrons. The van der Waals surface area contributed by atoms with Gasteiger partial charge in [-0.15, -0.1) is 11.3 Å². The maximum absolute atomic E-state index is 13.1. The highest BCUT2D eigenvalue weighted by atomic mass is 32.1. The number of Topliss-reactive ketones (excluding diaryl/α,β-unsaturated/α-hetero) is 1. The van der Waals surface area contributed by atoms with Crippen molar-refractivity contribution >= 4 is 27.3 Å². The zero-order valence-electron chi connectivity index (χ0n) is 16.9. The molecule has 5 aromatic rings. The summed E-state index contributed by atoms with van der Waals surface area (Å²) in [6.07, 6.45) is 2.16. The molecule has 2 heterocycles. The molecule has 0 aliphatic rings. The van der Waals surface area contributed by atoms with Crippen LogP contribution in [0.25, 0.3) is 27.2 Å². The summed E-state index contributed by atoms with van der Waals surface area (Å²) in [6.45, 7) is 0. The van der Waals surface area contributed by atoms with Crippen molar-refractivity contribution in [3.63, 3.8) is 0 Å². The van der Waals surface area contributed by atoms with Crippen LogP contribution in [0.3, 0.4) is 0 Å². The van der Waals surface area contributed by atoms with Gasteiger partial charge in [0.15, 0.2) is 10.8 Å². The van der Waals surface area contributed by atoms with Crippen LogP contribution in [0.5, 0.6) is 5.75 Å². The molecule has 0 saturated carbocycles. The zero-order chi connectivity index (χ0) is 21.2. The Morgan fingerprint density at radius 2 is 1.71 bits per heavy atom. The third kappa shape index (κ3) is 3.85. The number of thiazole rings is 1. The number of hydrogen-bond acceptors (Lipinski definition) is 5. The van der Waals surface area contributed by atoms with E-state index in [2.05, 4.69) is 4.98 Å². The van der Waals surface area contributed by atoms with Crippen molar-refractivity contribution in [1.29, 1.82) is 0 Å². The molecule has 5 nitrogen and oxygen atoms in total. The van der Waals surface area contributed by atoms with Crippen molar-refractivity contribution in [1.82, 2.24) is 14.8 Å². The molecule has 0 bridgehead atoms. The maximum Gasteiger partial charge on any atom is 0.195 e. The SMILES string of the molecule is COc1ccc(-c2nn(-c3ccccc3)cc2CC(=O)c2nc3ccccc3s2)cc1. The lowest BCUT2D eigenvalue weighted by atomic mass is 10.0. The van der Waals surface area contributed by atoms with Gasteiger partial charge in [-0.25, -0.2) is 9.67 Å². The Morgan fingerprint density at radius 3 is 2.45 bits per heavy atom. The lowest BCUT2D eigenvalue weighted by molar-refractivity contribution is 0.0993. The van der Waals surface area contributed by atoms with Crippen LogP contribution in [-0.4, -0.2) is 27.7 Å². The van der Waals surface area contributed by atoms with Gasteiger partial charge in [-0.3, -0.25) is 4.79 Å². The molecule has 0 aliphatic carbocycles. The minimum atomic E-state index is -0.0106. The van der Waals surface area contributed by atoms with Crippen molar-refractivity contribution in [3.8, 4) is 22.7 Å². The number of hydrogen-bond donors (Lipinski definition) is 0. The molecule has 0 radical (unpaired) electrons. The molecule has 0 unspecified atom stereocenters. The fourth-order valence-corrected chi connectivity index (χ4v) is 4.39. The molecule has 3 aromatic carbocycles. The van der Waals surface area contributed by atoms with Gasteiger partial charge in [-0.05, 0) is 48.5 Å². The highest BCUT2D eigenvalue weighted by Gasteiger charge is 2.19. The molecule has 0 saturated heterocycles. The van der Waals surface area contributed by atoms with Gasteiger partial charge < -0.3 is 4.74 Å². The summed E-state index contributed by atoms with van der Waals surface area (Å²) in [5.41, 5.74) is 4.36. The van der Waals surface area contributed by atoms with Crippen LogP contribution >= 0.6 is 11.3 Å². The van der Waals surface area contributed by atoms with E-state index < -0.39 is 0 Å². The Balaban J connectivity index is 1.53. The lowest BCUT2D eigenvalue weighted by Gasteiger charge is -2.03. The van der Waals surface area contributed by atoms with E-state index in [1.54, 1.807) is 7.11 Å². The average Bonchev–Trinajstić information content (AvgIpc) is 3.44. The van der Waals surface area contributed by atoms with Gasteiger partial charge in [0.1, 0.15) is 5.75 Å². The number of ketones is 1. The second kappa shape index (κ2) is 8.16. The Hall–Kier alpha value is -3.77. The minimum absolute atomic E-state index is 0.0106. The zero-order valence-corrected chi connectivity index (χ0v) is 17.7. The number of fused-ring (bicyclic) bond motifs is 1. The van der Waals surface area contributed by atoms with Gasteiger partial charge in [-0.2, -0.15) is 5.10 Å². The number of rotatable bonds is 6. The van der Waals surface area contributed by atoms with Crippen LogP contribution in [0, 0.1) is 0 Å². The van der Waals surface area contributed by atoms with E-state index in [1.165, 1.54) is 11.3 Å². The lowest BCUT2D eigenvalue weighted by Crippen LogP contribution is -2.03. The smallest absolute Gasteiger partial charge is 0.195 e. The first kappa shape index (κ1) is 19.2. The van der Waals surface area contributed by atoms with E-state index in [0.29, 0.717) is 5.01 Å². The normalized spacial score (nSPS) is 11.0. The number of ether oxygens (including phenoxy) is 1. The summed E-state index contributed by atoms with van der Waals surface area (Å²) in [5.74, 6) is 0.766. The standard InChI is InChI=1S/C25H19N3O2S/c1-30-20-13-11-17(12-14-20)24-18(16-28(27-24)19-7-3-2-4-8-19)15-22(29)25-26-21-9-5-6-10-23(21)31-25/h2-14,16H,15H2,1H3. The van der Waals surface area contributed by atoms with E-state index in [9.17, 15) is 4.79 Å². The molecule has 0 aliphatic heterocycles. The van der Waals surface area contributed by atoms with E-state index in [1.807, 2.05) is 89.7 Å². The highest BCUT2D eigenvalue weighted by molar-refractivity contribution is 7.20. The van der Waals surface area contributed by atoms with Crippen molar-refractivity contribution in [3.05, 3.63) is 95.6 Å². The molecule has 0 atom stereocenters. The molecular weight excluding hydrogens is 406 g/mol.